The number of benzene rings is 2. The Labute approximate surface area is 162 Å². The Morgan fingerprint density at radius 1 is 1.07 bits per heavy atom. The minimum Gasteiger partial charge on any atom is -0.497 e. The molecule has 3 rings (SSSR count). The van der Waals surface area contributed by atoms with Crippen LogP contribution in [0.15, 0.2) is 48.5 Å². The Kier molecular flexibility index (Phi) is 6.65. The number of ether oxygens (including phenoxy) is 2. The highest BCUT2D eigenvalue weighted by Gasteiger charge is 2.20. The molecule has 0 aliphatic carbocycles. The van der Waals surface area contributed by atoms with Crippen LogP contribution in [-0.4, -0.2) is 57.3 Å². The number of hydrogen-bond acceptors (Lipinski definition) is 5. The highest BCUT2D eigenvalue weighted by molar-refractivity contribution is 5.93. The summed E-state index contributed by atoms with van der Waals surface area (Å²) < 4.78 is 34.6. The zero-order chi connectivity index (χ0) is 19.9. The van der Waals surface area contributed by atoms with Crippen molar-refractivity contribution in [1.82, 2.24) is 4.90 Å². The molecule has 6 nitrogen and oxygen atoms in total. The van der Waals surface area contributed by atoms with Crippen molar-refractivity contribution in [3.63, 3.8) is 0 Å². The fraction of sp³-hybridized carbons (Fsp3) is 0.350. The summed E-state index contributed by atoms with van der Waals surface area (Å²) in [5, 5.41) is 2.65. The van der Waals surface area contributed by atoms with Gasteiger partial charge in [0.2, 0.25) is 5.91 Å². The number of halogens is 2. The van der Waals surface area contributed by atoms with E-state index in [1.165, 1.54) is 12.1 Å². The second-order valence-corrected chi connectivity index (χ2v) is 6.38. The van der Waals surface area contributed by atoms with Crippen LogP contribution < -0.4 is 19.7 Å². The number of alkyl halides is 2. The summed E-state index contributed by atoms with van der Waals surface area (Å²) in [6, 6.07) is 14.0. The molecule has 8 heteroatoms. The minimum absolute atomic E-state index is 0.0461. The third-order valence-electron chi connectivity index (χ3n) is 4.55. The summed E-state index contributed by atoms with van der Waals surface area (Å²) in [5.74, 6) is 0.508. The number of carbonyl (C=O) groups excluding carboxylic acids is 1. The molecule has 0 unspecified atom stereocenters. The van der Waals surface area contributed by atoms with E-state index in [2.05, 4.69) is 15.0 Å². The lowest BCUT2D eigenvalue weighted by Crippen LogP contribution is -2.48. The minimum atomic E-state index is -2.94. The molecule has 28 heavy (non-hydrogen) atoms. The molecule has 2 aromatic carbocycles. The Morgan fingerprint density at radius 2 is 1.75 bits per heavy atom. The zero-order valence-corrected chi connectivity index (χ0v) is 15.6. The third-order valence-corrected chi connectivity index (χ3v) is 4.55. The molecule has 0 aromatic heterocycles. The van der Waals surface area contributed by atoms with Crippen LogP contribution in [-0.2, 0) is 4.79 Å². The van der Waals surface area contributed by atoms with Gasteiger partial charge in [-0.05, 0) is 36.4 Å². The first-order chi connectivity index (χ1) is 13.5. The van der Waals surface area contributed by atoms with Gasteiger partial charge in [0, 0.05) is 31.9 Å². The maximum atomic E-state index is 12.5. The fourth-order valence-corrected chi connectivity index (χ4v) is 3.12. The molecule has 150 valence electrons. The molecule has 1 aliphatic heterocycles. The van der Waals surface area contributed by atoms with Gasteiger partial charge in [-0.15, -0.1) is 0 Å². The number of nitrogens with one attached hydrogen (secondary N) is 1. The van der Waals surface area contributed by atoms with Crippen LogP contribution in [0, 0.1) is 0 Å². The van der Waals surface area contributed by atoms with Crippen molar-refractivity contribution in [2.24, 2.45) is 0 Å². The average molecular weight is 391 g/mol. The van der Waals surface area contributed by atoms with Crippen LogP contribution in [0.25, 0.3) is 0 Å². The second kappa shape index (κ2) is 9.36. The maximum absolute atomic E-state index is 12.5. The summed E-state index contributed by atoms with van der Waals surface area (Å²) >= 11 is 0. The third kappa shape index (κ3) is 5.32. The summed E-state index contributed by atoms with van der Waals surface area (Å²) in [6.07, 6.45) is 0. The van der Waals surface area contributed by atoms with Gasteiger partial charge in [0.25, 0.3) is 0 Å². The molecule has 0 saturated carbocycles. The van der Waals surface area contributed by atoms with Crippen molar-refractivity contribution in [2.45, 2.75) is 6.61 Å². The molecule has 1 amide bonds. The van der Waals surface area contributed by atoms with E-state index in [0.29, 0.717) is 0 Å². The largest absolute Gasteiger partial charge is 0.497 e. The Morgan fingerprint density at radius 3 is 2.39 bits per heavy atom. The van der Waals surface area contributed by atoms with Crippen LogP contribution in [0.3, 0.4) is 0 Å². The fourth-order valence-electron chi connectivity index (χ4n) is 3.12. The van der Waals surface area contributed by atoms with Crippen molar-refractivity contribution in [1.29, 1.82) is 0 Å². The predicted octanol–water partition coefficient (Wildman–Crippen LogP) is 3.06. The number of nitrogens with zero attached hydrogens (tertiary/aromatic N) is 2. The number of rotatable bonds is 7. The average Bonchev–Trinajstić information content (AvgIpc) is 2.70. The van der Waals surface area contributed by atoms with Crippen LogP contribution in [0.1, 0.15) is 0 Å². The lowest BCUT2D eigenvalue weighted by atomic mass is 10.2. The molecule has 0 radical (unpaired) electrons. The lowest BCUT2D eigenvalue weighted by molar-refractivity contribution is -0.117. The first kappa shape index (κ1) is 19.9. The van der Waals surface area contributed by atoms with E-state index in [0.717, 1.165) is 37.6 Å². The van der Waals surface area contributed by atoms with Gasteiger partial charge in [0.05, 0.1) is 19.3 Å². The van der Waals surface area contributed by atoms with Gasteiger partial charge in [0.15, 0.2) is 0 Å². The number of hydrogen-bond donors (Lipinski definition) is 1. The van der Waals surface area contributed by atoms with E-state index in [4.69, 9.17) is 4.74 Å². The van der Waals surface area contributed by atoms with E-state index in [-0.39, 0.29) is 23.9 Å². The molecule has 1 fully saturated rings. The molecule has 0 atom stereocenters. The molecular formula is C20H23F2N3O3. The van der Waals surface area contributed by atoms with E-state index in [1.54, 1.807) is 19.2 Å². The summed E-state index contributed by atoms with van der Waals surface area (Å²) in [7, 11) is 1.64. The molecule has 1 aliphatic rings. The van der Waals surface area contributed by atoms with Crippen LogP contribution in [0.4, 0.5) is 20.2 Å². The number of anilines is 2. The van der Waals surface area contributed by atoms with Gasteiger partial charge in [-0.1, -0.05) is 12.1 Å². The molecule has 1 saturated heterocycles. The molecule has 1 N–H and O–H groups in total. The quantitative estimate of drug-likeness (QED) is 0.786. The van der Waals surface area contributed by atoms with Crippen molar-refractivity contribution >= 4 is 17.3 Å². The van der Waals surface area contributed by atoms with Crippen molar-refractivity contribution < 1.29 is 23.0 Å². The van der Waals surface area contributed by atoms with Gasteiger partial charge in [0.1, 0.15) is 11.5 Å². The smallest absolute Gasteiger partial charge is 0.387 e. The first-order valence-corrected chi connectivity index (χ1v) is 9.00. The second-order valence-electron chi connectivity index (χ2n) is 6.38. The van der Waals surface area contributed by atoms with E-state index in [1.807, 2.05) is 29.2 Å². The topological polar surface area (TPSA) is 54.0 Å². The Hall–Kier alpha value is -2.87. The Bertz CT molecular complexity index is 779. The summed E-state index contributed by atoms with van der Waals surface area (Å²) in [5.41, 5.74) is 1.35. The van der Waals surface area contributed by atoms with E-state index < -0.39 is 6.61 Å². The summed E-state index contributed by atoms with van der Waals surface area (Å²) in [4.78, 5) is 16.6. The van der Waals surface area contributed by atoms with Crippen molar-refractivity contribution in [3.05, 3.63) is 48.5 Å². The molecular weight excluding hydrogens is 368 g/mol. The first-order valence-electron chi connectivity index (χ1n) is 9.00. The maximum Gasteiger partial charge on any atom is 0.387 e. The van der Waals surface area contributed by atoms with Crippen LogP contribution in [0.5, 0.6) is 11.5 Å². The number of para-hydroxylation sites is 2. The highest BCUT2D eigenvalue weighted by atomic mass is 19.3. The van der Waals surface area contributed by atoms with Gasteiger partial charge in [-0.3, -0.25) is 9.69 Å². The predicted molar refractivity (Wildman–Crippen MR) is 103 cm³/mol. The normalized spacial score (nSPS) is 14.8. The van der Waals surface area contributed by atoms with Crippen LogP contribution >= 0.6 is 0 Å². The highest BCUT2D eigenvalue weighted by Crippen LogP contribution is 2.25. The molecule has 0 bridgehead atoms. The van der Waals surface area contributed by atoms with Gasteiger partial charge >= 0.3 is 6.61 Å². The van der Waals surface area contributed by atoms with Gasteiger partial charge in [-0.25, -0.2) is 0 Å². The molecule has 1 heterocycles. The summed E-state index contributed by atoms with van der Waals surface area (Å²) in [6.45, 7) is 0.307. The lowest BCUT2D eigenvalue weighted by Gasteiger charge is -2.35. The zero-order valence-electron chi connectivity index (χ0n) is 15.6. The van der Waals surface area contributed by atoms with Crippen molar-refractivity contribution in [3.8, 4) is 11.5 Å². The Balaban J connectivity index is 1.50. The van der Waals surface area contributed by atoms with Gasteiger partial charge < -0.3 is 19.7 Å². The van der Waals surface area contributed by atoms with E-state index in [9.17, 15) is 13.6 Å². The van der Waals surface area contributed by atoms with Crippen molar-refractivity contribution in [2.75, 3.05) is 50.1 Å². The monoisotopic (exact) mass is 391 g/mol. The number of carbonyl (C=O) groups is 1. The molecule has 0 spiro atoms. The number of piperazine rings is 1. The van der Waals surface area contributed by atoms with Crippen LogP contribution in [0.2, 0.25) is 0 Å². The van der Waals surface area contributed by atoms with Gasteiger partial charge in [-0.2, -0.15) is 8.78 Å². The number of amides is 1. The molecule has 2 aromatic rings. The standard InChI is InChI=1S/C20H23F2N3O3/c1-27-16-8-6-15(7-9-16)25-12-10-24(11-13-25)14-19(26)23-17-4-2-3-5-18(17)28-20(21)22/h2-9,20H,10-14H2,1H3,(H,23,26). The SMILES string of the molecule is COc1ccc(N2CCN(CC(=O)Nc3ccccc3OC(F)F)CC2)cc1. The number of methoxy groups -OCH3 is 1. The van der Waals surface area contributed by atoms with E-state index >= 15 is 0 Å².